The Balaban J connectivity index is 1.85. The Bertz CT molecular complexity index is 1240. The van der Waals surface area contributed by atoms with Crippen molar-refractivity contribution < 1.29 is 27.2 Å². The standard InChI is InChI=1S/C21H15F4N5O2S/c1-27-17(31)12-4-2-5-15(16(12)22)30-19(33)29(18(32)20(30)6-3-7-20)11-8-13(21(23,24)25)14(9-26)28-10-11/h2,4-5,8,10H,3,6-7H2,1H3,(H,27,31). The lowest BCUT2D eigenvalue weighted by molar-refractivity contribution is -0.138. The summed E-state index contributed by atoms with van der Waals surface area (Å²) in [5.74, 6) is -2.21. The van der Waals surface area contributed by atoms with Crippen molar-refractivity contribution in [3.8, 4) is 6.07 Å². The zero-order valence-electron chi connectivity index (χ0n) is 17.0. The van der Waals surface area contributed by atoms with Gasteiger partial charge in [-0.15, -0.1) is 0 Å². The molecule has 1 aromatic carbocycles. The van der Waals surface area contributed by atoms with Gasteiger partial charge in [0.05, 0.1) is 28.7 Å². The van der Waals surface area contributed by atoms with Crippen molar-refractivity contribution in [1.29, 1.82) is 5.26 Å². The van der Waals surface area contributed by atoms with Crippen molar-refractivity contribution >= 4 is 40.5 Å². The molecular weight excluding hydrogens is 462 g/mol. The lowest BCUT2D eigenvalue weighted by Gasteiger charge is -2.43. The number of carbonyl (C=O) groups is 2. The summed E-state index contributed by atoms with van der Waals surface area (Å²) in [6, 6.07) is 6.05. The maximum absolute atomic E-state index is 15.3. The van der Waals surface area contributed by atoms with Gasteiger partial charge in [0, 0.05) is 7.05 Å². The first-order chi connectivity index (χ1) is 15.6. The molecule has 1 N–H and O–H groups in total. The normalized spacial score (nSPS) is 17.2. The van der Waals surface area contributed by atoms with Crippen molar-refractivity contribution in [3.05, 3.63) is 53.1 Å². The molecule has 2 heterocycles. The van der Waals surface area contributed by atoms with E-state index in [1.807, 2.05) is 0 Å². The lowest BCUT2D eigenvalue weighted by atomic mass is 9.75. The number of pyridine rings is 1. The number of aromatic nitrogens is 1. The number of nitrogens with one attached hydrogen (secondary N) is 1. The third-order valence-electron chi connectivity index (χ3n) is 5.83. The molecule has 170 valence electrons. The van der Waals surface area contributed by atoms with Gasteiger partial charge >= 0.3 is 6.18 Å². The average molecular weight is 477 g/mol. The Hall–Kier alpha value is -3.59. The SMILES string of the molecule is CNC(=O)c1cccc(N2C(=S)N(c3cnc(C#N)c(C(F)(F)F)c3)C(=O)C23CCC3)c1F. The number of hydrogen-bond acceptors (Lipinski definition) is 5. The number of halogens is 4. The molecule has 1 saturated carbocycles. The number of nitrogens with zero attached hydrogens (tertiary/aromatic N) is 4. The van der Waals surface area contributed by atoms with Gasteiger partial charge in [-0.25, -0.2) is 9.37 Å². The van der Waals surface area contributed by atoms with Crippen LogP contribution in [-0.2, 0) is 11.0 Å². The van der Waals surface area contributed by atoms with Crippen LogP contribution in [0.4, 0.5) is 28.9 Å². The molecular formula is C21H15F4N5O2S. The number of thiocarbonyl (C=S) groups is 1. The molecule has 2 aromatic rings. The van der Waals surface area contributed by atoms with E-state index in [2.05, 4.69) is 10.3 Å². The van der Waals surface area contributed by atoms with Gasteiger partial charge in [0.1, 0.15) is 11.6 Å². The molecule has 1 aliphatic heterocycles. The minimum absolute atomic E-state index is 0.130. The highest BCUT2D eigenvalue weighted by molar-refractivity contribution is 7.81. The highest BCUT2D eigenvalue weighted by Crippen LogP contribution is 2.49. The molecule has 1 aliphatic carbocycles. The highest BCUT2D eigenvalue weighted by atomic mass is 32.1. The van der Waals surface area contributed by atoms with Crippen LogP contribution in [0.2, 0.25) is 0 Å². The van der Waals surface area contributed by atoms with Gasteiger partial charge in [-0.1, -0.05) is 6.07 Å². The van der Waals surface area contributed by atoms with Crippen LogP contribution in [0.5, 0.6) is 0 Å². The van der Waals surface area contributed by atoms with E-state index in [4.69, 9.17) is 17.5 Å². The van der Waals surface area contributed by atoms with Gasteiger partial charge in [0.15, 0.2) is 16.6 Å². The summed E-state index contributed by atoms with van der Waals surface area (Å²) in [6.07, 6.45) is -2.73. The average Bonchev–Trinajstić information content (AvgIpc) is 2.99. The molecule has 1 spiro atoms. The number of carbonyl (C=O) groups excluding carboxylic acids is 2. The molecule has 1 aromatic heterocycles. The molecule has 0 unspecified atom stereocenters. The molecule has 2 fully saturated rings. The number of nitriles is 1. The fourth-order valence-corrected chi connectivity index (χ4v) is 4.53. The molecule has 2 amide bonds. The van der Waals surface area contributed by atoms with Gasteiger partial charge in [0.25, 0.3) is 11.8 Å². The summed E-state index contributed by atoms with van der Waals surface area (Å²) < 4.78 is 55.7. The Labute approximate surface area is 190 Å². The van der Waals surface area contributed by atoms with Crippen molar-refractivity contribution in [1.82, 2.24) is 10.3 Å². The number of benzene rings is 1. The molecule has 7 nitrogen and oxygen atoms in total. The molecule has 4 rings (SSSR count). The summed E-state index contributed by atoms with van der Waals surface area (Å²) in [4.78, 5) is 31.2. The second kappa shape index (κ2) is 7.77. The number of alkyl halides is 3. The van der Waals surface area contributed by atoms with Crippen LogP contribution < -0.4 is 15.1 Å². The molecule has 0 bridgehead atoms. The number of amides is 2. The largest absolute Gasteiger partial charge is 0.419 e. The monoisotopic (exact) mass is 477 g/mol. The van der Waals surface area contributed by atoms with E-state index in [0.29, 0.717) is 25.3 Å². The lowest BCUT2D eigenvalue weighted by Crippen LogP contribution is -2.55. The number of anilines is 2. The van der Waals surface area contributed by atoms with E-state index >= 15 is 4.39 Å². The van der Waals surface area contributed by atoms with Crippen LogP contribution in [0.25, 0.3) is 0 Å². The quantitative estimate of drug-likeness (QED) is 0.538. The number of hydrogen-bond donors (Lipinski definition) is 1. The molecule has 12 heteroatoms. The number of rotatable bonds is 3. The summed E-state index contributed by atoms with van der Waals surface area (Å²) in [7, 11) is 1.34. The summed E-state index contributed by atoms with van der Waals surface area (Å²) >= 11 is 5.44. The van der Waals surface area contributed by atoms with Crippen LogP contribution in [0.15, 0.2) is 30.5 Å². The van der Waals surface area contributed by atoms with Gasteiger partial charge < -0.3 is 10.2 Å². The molecule has 0 atom stereocenters. The van der Waals surface area contributed by atoms with Crippen LogP contribution in [0, 0.1) is 17.1 Å². The van der Waals surface area contributed by atoms with Crippen LogP contribution in [-0.4, -0.2) is 34.5 Å². The zero-order valence-corrected chi connectivity index (χ0v) is 17.9. The Morgan fingerprint density at radius 2 is 2.03 bits per heavy atom. The van der Waals surface area contributed by atoms with Crippen LogP contribution in [0.3, 0.4) is 0 Å². The van der Waals surface area contributed by atoms with Gasteiger partial charge in [-0.3, -0.25) is 14.5 Å². The minimum Gasteiger partial charge on any atom is -0.355 e. The highest BCUT2D eigenvalue weighted by Gasteiger charge is 2.60. The van der Waals surface area contributed by atoms with E-state index in [1.54, 1.807) is 0 Å². The van der Waals surface area contributed by atoms with E-state index in [0.717, 1.165) is 11.1 Å². The minimum atomic E-state index is -4.89. The Kier molecular flexibility index (Phi) is 5.32. The summed E-state index contributed by atoms with van der Waals surface area (Å²) in [5.41, 5.74) is -4.12. The van der Waals surface area contributed by atoms with E-state index in [9.17, 15) is 22.8 Å². The zero-order chi connectivity index (χ0) is 24.1. The predicted molar refractivity (Wildman–Crippen MR) is 113 cm³/mol. The van der Waals surface area contributed by atoms with Crippen molar-refractivity contribution in [2.75, 3.05) is 16.8 Å². The fraction of sp³-hybridized carbons (Fsp3) is 0.286. The third kappa shape index (κ3) is 3.31. The van der Waals surface area contributed by atoms with Crippen molar-refractivity contribution in [2.24, 2.45) is 0 Å². The topological polar surface area (TPSA) is 89.3 Å². The van der Waals surface area contributed by atoms with Crippen LogP contribution >= 0.6 is 12.2 Å². The second-order valence-electron chi connectivity index (χ2n) is 7.56. The predicted octanol–water partition coefficient (Wildman–Crippen LogP) is 3.53. The first-order valence-electron chi connectivity index (χ1n) is 9.73. The maximum Gasteiger partial charge on any atom is 0.419 e. The first kappa shape index (κ1) is 22.6. The Morgan fingerprint density at radius 3 is 2.58 bits per heavy atom. The van der Waals surface area contributed by atoms with E-state index in [-0.39, 0.29) is 22.1 Å². The fourth-order valence-electron chi connectivity index (χ4n) is 4.07. The summed E-state index contributed by atoms with van der Waals surface area (Å²) in [6.45, 7) is 0. The van der Waals surface area contributed by atoms with Crippen molar-refractivity contribution in [2.45, 2.75) is 31.0 Å². The molecule has 2 aliphatic rings. The van der Waals surface area contributed by atoms with E-state index in [1.165, 1.54) is 36.2 Å². The molecule has 33 heavy (non-hydrogen) atoms. The van der Waals surface area contributed by atoms with E-state index < -0.39 is 40.6 Å². The van der Waals surface area contributed by atoms with Crippen molar-refractivity contribution in [3.63, 3.8) is 0 Å². The summed E-state index contributed by atoms with van der Waals surface area (Å²) in [5, 5.41) is 11.1. The van der Waals surface area contributed by atoms with Gasteiger partial charge in [0.2, 0.25) is 0 Å². The maximum atomic E-state index is 15.3. The smallest absolute Gasteiger partial charge is 0.355 e. The molecule has 0 radical (unpaired) electrons. The molecule has 1 saturated heterocycles. The second-order valence-corrected chi connectivity index (χ2v) is 7.93. The van der Waals surface area contributed by atoms with Gasteiger partial charge in [-0.2, -0.15) is 18.4 Å². The third-order valence-corrected chi connectivity index (χ3v) is 6.19. The Morgan fingerprint density at radius 1 is 1.33 bits per heavy atom. The van der Waals surface area contributed by atoms with Crippen LogP contribution in [0.1, 0.15) is 40.9 Å². The van der Waals surface area contributed by atoms with Gasteiger partial charge in [-0.05, 0) is 49.7 Å². The first-order valence-corrected chi connectivity index (χ1v) is 10.1.